The van der Waals surface area contributed by atoms with Crippen LogP contribution in [0.5, 0.6) is 0 Å². The summed E-state index contributed by atoms with van der Waals surface area (Å²) >= 11 is 0. The molecule has 2 amide bonds. The summed E-state index contributed by atoms with van der Waals surface area (Å²) in [5.74, 6) is 3.03. The van der Waals surface area contributed by atoms with Crippen LogP contribution in [0, 0.1) is 0 Å². The van der Waals surface area contributed by atoms with Gasteiger partial charge in [0.2, 0.25) is 0 Å². The molecule has 1 aliphatic carbocycles. The second-order valence-electron chi connectivity index (χ2n) is 5.07. The van der Waals surface area contributed by atoms with Gasteiger partial charge in [-0.05, 0) is 12.8 Å². The molecule has 20 heavy (non-hydrogen) atoms. The first kappa shape index (κ1) is 14.4. The molecule has 110 valence electrons. The van der Waals surface area contributed by atoms with E-state index < -0.39 is 0 Å². The van der Waals surface area contributed by atoms with Crippen molar-refractivity contribution >= 4 is 17.7 Å². The Kier molecular flexibility index (Phi) is 4.60. The van der Waals surface area contributed by atoms with E-state index in [4.69, 9.17) is 0 Å². The third kappa shape index (κ3) is 3.97. The Morgan fingerprint density at radius 3 is 2.60 bits per heavy atom. The molecular formula is C13H22N6O. The summed E-state index contributed by atoms with van der Waals surface area (Å²) in [5.41, 5.74) is 0. The zero-order valence-corrected chi connectivity index (χ0v) is 12.2. The Bertz CT molecular complexity index is 472. The number of rotatable bonds is 6. The zero-order valence-electron chi connectivity index (χ0n) is 12.2. The molecule has 0 spiro atoms. The van der Waals surface area contributed by atoms with E-state index in [1.54, 1.807) is 14.1 Å². The zero-order chi connectivity index (χ0) is 14.5. The van der Waals surface area contributed by atoms with Crippen molar-refractivity contribution in [3.63, 3.8) is 0 Å². The number of amides is 2. The van der Waals surface area contributed by atoms with Gasteiger partial charge in [0.25, 0.3) is 0 Å². The number of carbonyl (C=O) groups excluding carboxylic acids is 1. The Hall–Kier alpha value is -2.05. The van der Waals surface area contributed by atoms with E-state index in [9.17, 15) is 4.79 Å². The lowest BCUT2D eigenvalue weighted by Crippen LogP contribution is -2.37. The van der Waals surface area contributed by atoms with Crippen molar-refractivity contribution in [3.05, 3.63) is 11.9 Å². The van der Waals surface area contributed by atoms with Gasteiger partial charge >= 0.3 is 6.03 Å². The van der Waals surface area contributed by atoms with Crippen LogP contribution < -0.4 is 16.0 Å². The van der Waals surface area contributed by atoms with Crippen molar-refractivity contribution < 1.29 is 4.79 Å². The van der Waals surface area contributed by atoms with Gasteiger partial charge in [0.15, 0.2) is 0 Å². The van der Waals surface area contributed by atoms with Crippen LogP contribution in [0.25, 0.3) is 0 Å². The minimum absolute atomic E-state index is 0.0935. The van der Waals surface area contributed by atoms with Crippen LogP contribution in [0.15, 0.2) is 6.07 Å². The van der Waals surface area contributed by atoms with Crippen molar-refractivity contribution in [2.45, 2.75) is 18.8 Å². The Balaban J connectivity index is 1.85. The molecule has 1 aliphatic rings. The lowest BCUT2D eigenvalue weighted by Gasteiger charge is -2.13. The molecule has 1 saturated carbocycles. The first-order valence-corrected chi connectivity index (χ1v) is 6.86. The highest BCUT2D eigenvalue weighted by molar-refractivity contribution is 5.73. The van der Waals surface area contributed by atoms with E-state index in [0.717, 1.165) is 17.5 Å². The summed E-state index contributed by atoms with van der Waals surface area (Å²) < 4.78 is 0. The number of nitrogens with zero attached hydrogens (tertiary/aromatic N) is 3. The molecule has 1 aromatic heterocycles. The van der Waals surface area contributed by atoms with Crippen LogP contribution in [0.2, 0.25) is 0 Å². The largest absolute Gasteiger partial charge is 0.373 e. The molecule has 7 heteroatoms. The van der Waals surface area contributed by atoms with E-state index in [1.807, 2.05) is 13.1 Å². The Morgan fingerprint density at radius 2 is 2.00 bits per heavy atom. The summed E-state index contributed by atoms with van der Waals surface area (Å²) in [4.78, 5) is 21.8. The Labute approximate surface area is 119 Å². The highest BCUT2D eigenvalue weighted by Gasteiger charge is 2.27. The van der Waals surface area contributed by atoms with Crippen molar-refractivity contribution in [2.24, 2.45) is 0 Å². The van der Waals surface area contributed by atoms with Crippen LogP contribution in [0.3, 0.4) is 0 Å². The summed E-state index contributed by atoms with van der Waals surface area (Å²) in [7, 11) is 5.28. The summed E-state index contributed by atoms with van der Waals surface area (Å²) in [6, 6.07) is 1.78. The molecular weight excluding hydrogens is 256 g/mol. The molecule has 7 nitrogen and oxygen atoms in total. The quantitative estimate of drug-likeness (QED) is 0.678. The summed E-state index contributed by atoms with van der Waals surface area (Å²) in [6.07, 6.45) is 2.34. The minimum atomic E-state index is -0.0935. The van der Waals surface area contributed by atoms with Gasteiger partial charge in [-0.25, -0.2) is 14.8 Å². The number of urea groups is 1. The molecule has 0 saturated heterocycles. The third-order valence-corrected chi connectivity index (χ3v) is 3.06. The van der Waals surface area contributed by atoms with Crippen LogP contribution in [-0.2, 0) is 0 Å². The maximum atomic E-state index is 11.4. The molecule has 1 aromatic rings. The maximum absolute atomic E-state index is 11.4. The predicted octanol–water partition coefficient (Wildman–Crippen LogP) is 1.08. The van der Waals surface area contributed by atoms with Gasteiger partial charge < -0.3 is 20.9 Å². The highest BCUT2D eigenvalue weighted by atomic mass is 16.2. The standard InChI is InChI=1S/C13H22N6O/c1-14-10-8-11(18-12(17-10)9-4-5-9)15-6-7-16-13(20)19(2)3/h8-9H,4-7H2,1-3H3,(H,16,20)(H2,14,15,17,18). The highest BCUT2D eigenvalue weighted by Crippen LogP contribution is 2.38. The van der Waals surface area contributed by atoms with E-state index in [-0.39, 0.29) is 6.03 Å². The van der Waals surface area contributed by atoms with Gasteiger partial charge in [-0.3, -0.25) is 0 Å². The van der Waals surface area contributed by atoms with E-state index >= 15 is 0 Å². The smallest absolute Gasteiger partial charge is 0.316 e. The Morgan fingerprint density at radius 1 is 1.30 bits per heavy atom. The second-order valence-corrected chi connectivity index (χ2v) is 5.07. The molecule has 2 rings (SSSR count). The van der Waals surface area contributed by atoms with Crippen LogP contribution in [0.4, 0.5) is 16.4 Å². The molecule has 0 unspecified atom stereocenters. The fourth-order valence-electron chi connectivity index (χ4n) is 1.73. The topological polar surface area (TPSA) is 82.2 Å². The molecule has 1 heterocycles. The molecule has 0 aliphatic heterocycles. The average molecular weight is 278 g/mol. The van der Waals surface area contributed by atoms with Gasteiger partial charge in [0, 0.05) is 46.2 Å². The number of nitrogens with one attached hydrogen (secondary N) is 3. The van der Waals surface area contributed by atoms with Gasteiger partial charge in [-0.2, -0.15) is 0 Å². The lowest BCUT2D eigenvalue weighted by atomic mass is 10.3. The molecule has 0 bridgehead atoms. The van der Waals surface area contributed by atoms with Crippen LogP contribution in [0.1, 0.15) is 24.6 Å². The molecule has 0 radical (unpaired) electrons. The van der Waals surface area contributed by atoms with Crippen molar-refractivity contribution in [3.8, 4) is 0 Å². The normalized spacial score (nSPS) is 13.8. The number of carbonyl (C=O) groups is 1. The number of hydrogen-bond donors (Lipinski definition) is 3. The number of aromatic nitrogens is 2. The van der Waals surface area contributed by atoms with Crippen molar-refractivity contribution in [1.29, 1.82) is 0 Å². The SMILES string of the molecule is CNc1cc(NCCNC(=O)N(C)C)nc(C2CC2)n1. The van der Waals surface area contributed by atoms with Gasteiger partial charge in [0.1, 0.15) is 17.5 Å². The first-order valence-electron chi connectivity index (χ1n) is 6.86. The predicted molar refractivity (Wildman–Crippen MR) is 79.1 cm³/mol. The summed E-state index contributed by atoms with van der Waals surface area (Å²) in [5, 5.41) is 9.05. The van der Waals surface area contributed by atoms with Gasteiger partial charge in [-0.1, -0.05) is 0 Å². The van der Waals surface area contributed by atoms with E-state index in [1.165, 1.54) is 17.7 Å². The molecule has 0 atom stereocenters. The summed E-state index contributed by atoms with van der Waals surface area (Å²) in [6.45, 7) is 1.18. The van der Waals surface area contributed by atoms with E-state index in [0.29, 0.717) is 19.0 Å². The number of hydrogen-bond acceptors (Lipinski definition) is 5. The van der Waals surface area contributed by atoms with Crippen molar-refractivity contribution in [1.82, 2.24) is 20.2 Å². The fraction of sp³-hybridized carbons (Fsp3) is 0.615. The monoisotopic (exact) mass is 278 g/mol. The second kappa shape index (κ2) is 6.40. The third-order valence-electron chi connectivity index (χ3n) is 3.06. The minimum Gasteiger partial charge on any atom is -0.373 e. The fourth-order valence-corrected chi connectivity index (χ4v) is 1.73. The maximum Gasteiger partial charge on any atom is 0.316 e. The van der Waals surface area contributed by atoms with Gasteiger partial charge in [-0.15, -0.1) is 0 Å². The van der Waals surface area contributed by atoms with Crippen LogP contribution >= 0.6 is 0 Å². The molecule has 0 aromatic carbocycles. The first-order chi connectivity index (χ1) is 9.60. The molecule has 1 fully saturated rings. The van der Waals surface area contributed by atoms with Gasteiger partial charge in [0.05, 0.1) is 0 Å². The van der Waals surface area contributed by atoms with Crippen LogP contribution in [-0.4, -0.2) is 55.1 Å². The molecule has 3 N–H and O–H groups in total. The van der Waals surface area contributed by atoms with Crippen molar-refractivity contribution in [2.75, 3.05) is 44.9 Å². The average Bonchev–Trinajstić information content (AvgIpc) is 3.27. The lowest BCUT2D eigenvalue weighted by molar-refractivity contribution is 0.218. The number of anilines is 2. The van der Waals surface area contributed by atoms with E-state index in [2.05, 4.69) is 25.9 Å².